The van der Waals surface area contributed by atoms with Crippen LogP contribution in [0.1, 0.15) is 16.7 Å². The summed E-state index contributed by atoms with van der Waals surface area (Å²) in [5.74, 6) is 6.38. The Kier molecular flexibility index (Phi) is 5.50. The average molecular weight is 323 g/mol. The Morgan fingerprint density at radius 1 is 1.19 bits per heavy atom. The van der Waals surface area contributed by atoms with Crippen molar-refractivity contribution in [3.63, 3.8) is 0 Å². The van der Waals surface area contributed by atoms with Gasteiger partial charge in [-0.2, -0.15) is 0 Å². The topological polar surface area (TPSA) is 9.23 Å². The number of hydrogen-bond acceptors (Lipinski definition) is 1. The normalized spacial score (nSPS) is 9.90. The molecule has 2 aromatic rings. The number of hydrogen-bond donors (Lipinski definition) is 0. The highest BCUT2D eigenvalue weighted by molar-refractivity contribution is 6.30. The summed E-state index contributed by atoms with van der Waals surface area (Å²) in [5.41, 5.74) is 2.22. The average Bonchev–Trinajstić information content (AvgIpc) is 2.47. The molecule has 0 aromatic heterocycles. The number of rotatable bonds is 3. The van der Waals surface area contributed by atoms with Gasteiger partial charge in [-0.25, -0.2) is 4.39 Å². The number of aryl methyl sites for hydroxylation is 1. The third kappa shape index (κ3) is 4.39. The first-order valence-electron chi connectivity index (χ1n) is 6.32. The van der Waals surface area contributed by atoms with E-state index in [0.29, 0.717) is 22.2 Å². The molecular formula is C17H13Cl2FO. The van der Waals surface area contributed by atoms with Gasteiger partial charge in [-0.1, -0.05) is 23.4 Å². The van der Waals surface area contributed by atoms with Gasteiger partial charge in [0, 0.05) is 16.1 Å². The predicted molar refractivity (Wildman–Crippen MR) is 84.5 cm³/mol. The van der Waals surface area contributed by atoms with Crippen LogP contribution in [0.3, 0.4) is 0 Å². The van der Waals surface area contributed by atoms with E-state index in [0.717, 1.165) is 11.1 Å². The van der Waals surface area contributed by atoms with E-state index in [1.807, 2.05) is 25.1 Å². The van der Waals surface area contributed by atoms with E-state index in [1.54, 1.807) is 6.07 Å². The molecule has 0 N–H and O–H groups in total. The summed E-state index contributed by atoms with van der Waals surface area (Å²) in [6, 6.07) is 9.97. The summed E-state index contributed by atoms with van der Waals surface area (Å²) in [6.45, 7) is 2.04. The molecule has 2 rings (SSSR count). The molecule has 4 heteroatoms. The van der Waals surface area contributed by atoms with Crippen LogP contribution in [-0.4, -0.2) is 5.88 Å². The SMILES string of the molecule is Cc1cc(C#CCCl)ccc1OCc1cc(Cl)ccc1F. The van der Waals surface area contributed by atoms with Gasteiger partial charge < -0.3 is 4.74 Å². The Labute approximate surface area is 133 Å². The molecule has 0 amide bonds. The highest BCUT2D eigenvalue weighted by atomic mass is 35.5. The molecule has 21 heavy (non-hydrogen) atoms. The van der Waals surface area contributed by atoms with Crippen LogP contribution in [0.4, 0.5) is 4.39 Å². The molecule has 0 spiro atoms. The first-order chi connectivity index (χ1) is 10.1. The van der Waals surface area contributed by atoms with Crippen molar-refractivity contribution in [1.82, 2.24) is 0 Å². The van der Waals surface area contributed by atoms with E-state index in [4.69, 9.17) is 27.9 Å². The maximum absolute atomic E-state index is 13.6. The van der Waals surface area contributed by atoms with Crippen LogP contribution in [0, 0.1) is 24.6 Å². The second-order valence-corrected chi connectivity index (χ2v) is 5.14. The highest BCUT2D eigenvalue weighted by Crippen LogP contribution is 2.22. The Hall–Kier alpha value is -1.69. The number of alkyl halides is 1. The minimum absolute atomic E-state index is 0.125. The molecule has 0 unspecified atom stereocenters. The van der Waals surface area contributed by atoms with Crippen LogP contribution in [-0.2, 0) is 6.61 Å². The molecule has 0 aliphatic heterocycles. The van der Waals surface area contributed by atoms with Crippen molar-refractivity contribution in [3.05, 3.63) is 63.9 Å². The lowest BCUT2D eigenvalue weighted by Crippen LogP contribution is -2.00. The zero-order valence-electron chi connectivity index (χ0n) is 11.4. The second-order valence-electron chi connectivity index (χ2n) is 4.44. The van der Waals surface area contributed by atoms with Crippen molar-refractivity contribution >= 4 is 23.2 Å². The summed E-state index contributed by atoms with van der Waals surface area (Å²) in [4.78, 5) is 0. The van der Waals surface area contributed by atoms with Crippen LogP contribution >= 0.6 is 23.2 Å². The Morgan fingerprint density at radius 3 is 2.71 bits per heavy atom. The largest absolute Gasteiger partial charge is 0.489 e. The summed E-state index contributed by atoms with van der Waals surface area (Å²) >= 11 is 11.4. The lowest BCUT2D eigenvalue weighted by Gasteiger charge is -2.10. The first kappa shape index (κ1) is 15.7. The molecule has 0 heterocycles. The lowest BCUT2D eigenvalue weighted by atomic mass is 10.1. The van der Waals surface area contributed by atoms with Crippen molar-refractivity contribution in [2.24, 2.45) is 0 Å². The van der Waals surface area contributed by atoms with Gasteiger partial charge >= 0.3 is 0 Å². The summed E-state index contributed by atoms with van der Waals surface area (Å²) < 4.78 is 19.3. The maximum Gasteiger partial charge on any atom is 0.129 e. The van der Waals surface area contributed by atoms with Crippen LogP contribution in [0.15, 0.2) is 36.4 Å². The minimum atomic E-state index is -0.332. The molecule has 0 saturated heterocycles. The summed E-state index contributed by atoms with van der Waals surface area (Å²) in [7, 11) is 0. The molecule has 0 saturated carbocycles. The quantitative estimate of drug-likeness (QED) is 0.573. The maximum atomic E-state index is 13.6. The minimum Gasteiger partial charge on any atom is -0.489 e. The highest BCUT2D eigenvalue weighted by Gasteiger charge is 2.06. The molecule has 0 aliphatic carbocycles. The smallest absolute Gasteiger partial charge is 0.129 e. The van der Waals surface area contributed by atoms with Gasteiger partial charge in [-0.05, 0) is 48.9 Å². The van der Waals surface area contributed by atoms with Crippen molar-refractivity contribution in [2.45, 2.75) is 13.5 Å². The van der Waals surface area contributed by atoms with E-state index in [9.17, 15) is 4.39 Å². The van der Waals surface area contributed by atoms with E-state index in [1.165, 1.54) is 12.1 Å². The molecule has 1 nitrogen and oxygen atoms in total. The van der Waals surface area contributed by atoms with Gasteiger partial charge in [-0.15, -0.1) is 11.6 Å². The third-order valence-corrected chi connectivity index (χ3v) is 3.23. The van der Waals surface area contributed by atoms with Crippen molar-refractivity contribution in [1.29, 1.82) is 0 Å². The lowest BCUT2D eigenvalue weighted by molar-refractivity contribution is 0.298. The molecule has 0 aliphatic rings. The fourth-order valence-electron chi connectivity index (χ4n) is 1.83. The van der Waals surface area contributed by atoms with Crippen molar-refractivity contribution in [2.75, 3.05) is 5.88 Å². The number of ether oxygens (including phenoxy) is 1. The predicted octanol–water partition coefficient (Wildman–Crippen LogP) is 4.96. The monoisotopic (exact) mass is 322 g/mol. The third-order valence-electron chi connectivity index (χ3n) is 2.87. The number of halogens is 3. The standard InChI is InChI=1S/C17H13Cl2FO/c1-12-9-13(3-2-8-18)4-7-17(12)21-11-14-10-15(19)5-6-16(14)20/h4-7,9-10H,8,11H2,1H3. The van der Waals surface area contributed by atoms with Crippen LogP contribution < -0.4 is 4.74 Å². The fourth-order valence-corrected chi connectivity index (χ4v) is 2.10. The Bertz CT molecular complexity index is 702. The molecule has 0 fully saturated rings. The van der Waals surface area contributed by atoms with Crippen molar-refractivity contribution in [3.8, 4) is 17.6 Å². The van der Waals surface area contributed by atoms with Crippen molar-refractivity contribution < 1.29 is 9.13 Å². The molecule has 0 atom stereocenters. The summed E-state index contributed by atoms with van der Waals surface area (Å²) in [5, 5.41) is 0.485. The van der Waals surface area contributed by atoms with Gasteiger partial charge in [0.05, 0.1) is 5.88 Å². The van der Waals surface area contributed by atoms with Gasteiger partial charge in [0.25, 0.3) is 0 Å². The van der Waals surface area contributed by atoms with Gasteiger partial charge in [0.15, 0.2) is 0 Å². The van der Waals surface area contributed by atoms with Gasteiger partial charge in [0.1, 0.15) is 18.2 Å². The molecular weight excluding hydrogens is 310 g/mol. The Morgan fingerprint density at radius 2 is 2.00 bits per heavy atom. The molecule has 0 bridgehead atoms. The van der Waals surface area contributed by atoms with Gasteiger partial charge in [0.2, 0.25) is 0 Å². The first-order valence-corrected chi connectivity index (χ1v) is 7.23. The van der Waals surface area contributed by atoms with Gasteiger partial charge in [-0.3, -0.25) is 0 Å². The van der Waals surface area contributed by atoms with Crippen LogP contribution in [0.2, 0.25) is 5.02 Å². The van der Waals surface area contributed by atoms with Crippen LogP contribution in [0.5, 0.6) is 5.75 Å². The number of benzene rings is 2. The summed E-state index contributed by atoms with van der Waals surface area (Å²) in [6.07, 6.45) is 0. The molecule has 108 valence electrons. The van der Waals surface area contributed by atoms with E-state index >= 15 is 0 Å². The van der Waals surface area contributed by atoms with E-state index < -0.39 is 0 Å². The van der Waals surface area contributed by atoms with E-state index in [2.05, 4.69) is 11.8 Å². The van der Waals surface area contributed by atoms with E-state index in [-0.39, 0.29) is 12.4 Å². The zero-order chi connectivity index (χ0) is 15.2. The molecule has 2 aromatic carbocycles. The fraction of sp³-hybridized carbons (Fsp3) is 0.176. The second kappa shape index (κ2) is 7.36. The molecule has 0 radical (unpaired) electrons. The zero-order valence-corrected chi connectivity index (χ0v) is 12.9. The van der Waals surface area contributed by atoms with Crippen LogP contribution in [0.25, 0.3) is 0 Å². The Balaban J connectivity index is 2.11.